The highest BCUT2D eigenvalue weighted by Gasteiger charge is 2.28. The van der Waals surface area contributed by atoms with E-state index in [-0.39, 0.29) is 19.4 Å². The molecule has 0 bridgehead atoms. The van der Waals surface area contributed by atoms with Gasteiger partial charge in [-0.05, 0) is 51.4 Å². The van der Waals surface area contributed by atoms with Crippen LogP contribution in [0, 0.1) is 0 Å². The van der Waals surface area contributed by atoms with Crippen LogP contribution in [-0.4, -0.2) is 59.9 Å². The maximum atomic E-state index is 12.5. The number of rotatable bonds is 36. The molecule has 12 heteroatoms. The molecule has 0 aliphatic rings. The van der Waals surface area contributed by atoms with Crippen molar-refractivity contribution in [2.45, 2.75) is 167 Å². The van der Waals surface area contributed by atoms with Crippen molar-refractivity contribution in [1.82, 2.24) is 0 Å². The minimum absolute atomic E-state index is 0.0853. The molecule has 0 saturated carbocycles. The first kappa shape index (κ1) is 49.4. The molecule has 0 aromatic heterocycles. The van der Waals surface area contributed by atoms with E-state index in [4.69, 9.17) is 24.8 Å². The number of phosphoric ester groups is 1. The number of carboxylic acids is 1. The first-order valence-electron chi connectivity index (χ1n) is 19.7. The second-order valence-corrected chi connectivity index (χ2v) is 14.5. The summed E-state index contributed by atoms with van der Waals surface area (Å²) in [6.45, 7) is 2.69. The van der Waals surface area contributed by atoms with Crippen molar-refractivity contribution in [2.75, 3.05) is 19.8 Å². The van der Waals surface area contributed by atoms with Gasteiger partial charge >= 0.3 is 25.7 Å². The van der Waals surface area contributed by atoms with Gasteiger partial charge in [-0.25, -0.2) is 4.57 Å². The van der Waals surface area contributed by atoms with Crippen molar-refractivity contribution in [1.29, 1.82) is 0 Å². The molecule has 4 N–H and O–H groups in total. The zero-order chi connectivity index (χ0) is 38.5. The monoisotopic (exact) mass is 755 g/mol. The maximum Gasteiger partial charge on any atom is 0.472 e. The molecule has 0 saturated heterocycles. The molecule has 3 unspecified atom stereocenters. The number of carbonyl (C=O) groups excluding carboxylic acids is 2. The van der Waals surface area contributed by atoms with Crippen molar-refractivity contribution in [3.8, 4) is 0 Å². The van der Waals surface area contributed by atoms with Crippen LogP contribution >= 0.6 is 7.82 Å². The predicted molar refractivity (Wildman–Crippen MR) is 208 cm³/mol. The number of carboxylic acid groups (broad SMARTS) is 1. The van der Waals surface area contributed by atoms with Gasteiger partial charge in [0.05, 0.1) is 13.2 Å². The fourth-order valence-corrected chi connectivity index (χ4v) is 5.72. The second-order valence-electron chi connectivity index (χ2n) is 13.1. The van der Waals surface area contributed by atoms with E-state index in [0.717, 1.165) is 44.9 Å². The Hall–Kier alpha value is -2.56. The number of ether oxygens (including phenoxy) is 2. The second kappa shape index (κ2) is 35.5. The molecule has 0 radical (unpaired) electrons. The third kappa shape index (κ3) is 34.5. The van der Waals surface area contributed by atoms with E-state index < -0.39 is 51.1 Å². The molecular formula is C40H70NO10P. The number of hydrogen-bond donors (Lipinski definition) is 3. The first-order chi connectivity index (χ1) is 25.1. The predicted octanol–water partition coefficient (Wildman–Crippen LogP) is 9.83. The number of carbonyl (C=O) groups is 3. The highest BCUT2D eigenvalue weighted by molar-refractivity contribution is 7.47. The molecule has 3 atom stereocenters. The average molecular weight is 756 g/mol. The van der Waals surface area contributed by atoms with Crippen molar-refractivity contribution >= 4 is 25.7 Å². The van der Waals surface area contributed by atoms with Crippen LogP contribution in [0.4, 0.5) is 0 Å². The molecule has 0 amide bonds. The topological polar surface area (TPSA) is 172 Å². The Labute approximate surface area is 314 Å². The normalized spacial score (nSPS) is 14.4. The minimum Gasteiger partial charge on any atom is -0.480 e. The van der Waals surface area contributed by atoms with Gasteiger partial charge in [-0.2, -0.15) is 0 Å². The summed E-state index contributed by atoms with van der Waals surface area (Å²) >= 11 is 0. The van der Waals surface area contributed by atoms with Gasteiger partial charge in [0.15, 0.2) is 6.10 Å². The summed E-state index contributed by atoms with van der Waals surface area (Å²) in [6.07, 6.45) is 37.6. The number of allylic oxidation sites excluding steroid dienone is 8. The molecule has 0 aliphatic heterocycles. The molecule has 0 aromatic carbocycles. The molecule has 52 heavy (non-hydrogen) atoms. The molecule has 0 aromatic rings. The van der Waals surface area contributed by atoms with Gasteiger partial charge in [0.2, 0.25) is 0 Å². The van der Waals surface area contributed by atoms with Crippen LogP contribution < -0.4 is 5.73 Å². The molecule has 0 fully saturated rings. The Balaban J connectivity index is 4.53. The number of nitrogens with two attached hydrogens (primary N) is 1. The summed E-state index contributed by atoms with van der Waals surface area (Å²) in [4.78, 5) is 45.7. The standard InChI is InChI=1S/C40H70NO10P/c1-3-5-7-9-11-13-15-16-17-18-19-20-22-24-26-28-30-32-39(43)51-36(34-49-52(46,47)50-35-37(41)40(44)45)33-48-38(42)31-29-27-25-23-21-14-12-10-8-6-4-2/h11,13,16-17,19-20,24,26,36-37H,3-10,12,14-15,18,21-23,25,27-35,41H2,1-2H3,(H,44,45)(H,46,47). The van der Waals surface area contributed by atoms with Gasteiger partial charge in [-0.1, -0.05) is 140 Å². The van der Waals surface area contributed by atoms with Crippen molar-refractivity contribution in [3.05, 3.63) is 48.6 Å². The number of aliphatic carboxylic acids is 1. The Morgan fingerprint density at radius 2 is 1.04 bits per heavy atom. The van der Waals surface area contributed by atoms with E-state index in [0.29, 0.717) is 19.3 Å². The lowest BCUT2D eigenvalue weighted by atomic mass is 10.1. The molecule has 0 spiro atoms. The molecule has 0 heterocycles. The maximum absolute atomic E-state index is 12.5. The van der Waals surface area contributed by atoms with E-state index in [1.54, 1.807) is 0 Å². The van der Waals surface area contributed by atoms with Crippen LogP contribution in [0.15, 0.2) is 48.6 Å². The van der Waals surface area contributed by atoms with Crippen molar-refractivity contribution in [2.24, 2.45) is 5.73 Å². The summed E-state index contributed by atoms with van der Waals surface area (Å²) in [5.74, 6) is -2.46. The highest BCUT2D eigenvalue weighted by atomic mass is 31.2. The summed E-state index contributed by atoms with van der Waals surface area (Å²) in [5, 5.41) is 8.86. The van der Waals surface area contributed by atoms with Crippen molar-refractivity contribution in [3.63, 3.8) is 0 Å². The zero-order valence-electron chi connectivity index (χ0n) is 32.1. The summed E-state index contributed by atoms with van der Waals surface area (Å²) in [6, 6.07) is -1.53. The SMILES string of the molecule is CCCCCC=CCC=CCC=CCC=CCCCC(=O)OC(COC(=O)CCCCCCCCCCCCC)COP(=O)(O)OCC(N)C(=O)O. The van der Waals surface area contributed by atoms with E-state index in [1.165, 1.54) is 64.2 Å². The van der Waals surface area contributed by atoms with E-state index >= 15 is 0 Å². The van der Waals surface area contributed by atoms with Crippen molar-refractivity contribution < 1.29 is 47.5 Å². The lowest BCUT2D eigenvalue weighted by molar-refractivity contribution is -0.161. The summed E-state index contributed by atoms with van der Waals surface area (Å²) < 4.78 is 32.5. The van der Waals surface area contributed by atoms with E-state index in [1.807, 2.05) is 12.2 Å². The molecular weight excluding hydrogens is 685 g/mol. The molecule has 0 rings (SSSR count). The van der Waals surface area contributed by atoms with Crippen LogP contribution in [0.2, 0.25) is 0 Å². The Morgan fingerprint density at radius 3 is 1.58 bits per heavy atom. The van der Waals surface area contributed by atoms with Gasteiger partial charge < -0.3 is 25.2 Å². The fourth-order valence-electron chi connectivity index (χ4n) is 4.94. The highest BCUT2D eigenvalue weighted by Crippen LogP contribution is 2.43. The minimum atomic E-state index is -4.72. The lowest BCUT2D eigenvalue weighted by Gasteiger charge is -2.20. The fraction of sp³-hybridized carbons (Fsp3) is 0.725. The van der Waals surface area contributed by atoms with Crippen LogP contribution in [0.1, 0.15) is 155 Å². The average Bonchev–Trinajstić information content (AvgIpc) is 3.12. The van der Waals surface area contributed by atoms with Gasteiger partial charge in [-0.15, -0.1) is 0 Å². The number of hydrogen-bond acceptors (Lipinski definition) is 9. The molecule has 11 nitrogen and oxygen atoms in total. The smallest absolute Gasteiger partial charge is 0.472 e. The van der Waals surface area contributed by atoms with Crippen LogP contribution in [0.3, 0.4) is 0 Å². The lowest BCUT2D eigenvalue weighted by Crippen LogP contribution is -2.34. The third-order valence-electron chi connectivity index (χ3n) is 8.08. The number of esters is 2. The van der Waals surface area contributed by atoms with E-state index in [9.17, 15) is 23.8 Å². The van der Waals surface area contributed by atoms with E-state index in [2.05, 4.69) is 54.8 Å². The third-order valence-corrected chi connectivity index (χ3v) is 9.03. The van der Waals surface area contributed by atoms with Gasteiger partial charge in [0, 0.05) is 12.8 Å². The number of phosphoric acid groups is 1. The molecule has 0 aliphatic carbocycles. The zero-order valence-corrected chi connectivity index (χ0v) is 33.0. The van der Waals surface area contributed by atoms with Crippen LogP contribution in [0.25, 0.3) is 0 Å². The quantitative estimate of drug-likeness (QED) is 0.0241. The van der Waals surface area contributed by atoms with Gasteiger partial charge in [-0.3, -0.25) is 23.4 Å². The first-order valence-corrected chi connectivity index (χ1v) is 21.2. The Morgan fingerprint density at radius 1 is 0.596 bits per heavy atom. The van der Waals surface area contributed by atoms with Crippen LogP contribution in [0.5, 0.6) is 0 Å². The summed E-state index contributed by atoms with van der Waals surface area (Å²) in [7, 11) is -4.72. The number of unbranched alkanes of at least 4 members (excludes halogenated alkanes) is 14. The Bertz CT molecular complexity index is 1070. The van der Waals surface area contributed by atoms with Crippen LogP contribution in [-0.2, 0) is 37.5 Å². The summed E-state index contributed by atoms with van der Waals surface area (Å²) in [5.41, 5.74) is 5.31. The Kier molecular flexibility index (Phi) is 33.7. The van der Waals surface area contributed by atoms with Gasteiger partial charge in [0.1, 0.15) is 12.6 Å². The largest absolute Gasteiger partial charge is 0.480 e. The van der Waals surface area contributed by atoms with Gasteiger partial charge in [0.25, 0.3) is 0 Å². The molecule has 300 valence electrons.